The Bertz CT molecular complexity index is 226. The lowest BCUT2D eigenvalue weighted by molar-refractivity contribution is -0.139. The van der Waals surface area contributed by atoms with E-state index < -0.39 is 12.1 Å². The number of carboxylic acids is 1. The second-order valence-electron chi connectivity index (χ2n) is 6.40. The monoisotopic (exact) mass is 286 g/mol. The second-order valence-corrected chi connectivity index (χ2v) is 6.40. The third-order valence-corrected chi connectivity index (χ3v) is 3.73. The van der Waals surface area contributed by atoms with Crippen LogP contribution in [0.25, 0.3) is 0 Å². The normalized spacial score (nSPS) is 12.8. The molecule has 1 unspecified atom stereocenters. The molecule has 0 aliphatic rings. The van der Waals surface area contributed by atoms with Crippen LogP contribution >= 0.6 is 0 Å². The van der Waals surface area contributed by atoms with E-state index in [2.05, 4.69) is 13.8 Å². The highest BCUT2D eigenvalue weighted by Gasteiger charge is 2.08. The van der Waals surface area contributed by atoms with Gasteiger partial charge >= 0.3 is 5.97 Å². The Hall–Kier alpha value is -0.570. The third-order valence-electron chi connectivity index (χ3n) is 3.73. The number of aliphatic hydroxyl groups excluding tert-OH is 1. The largest absolute Gasteiger partial charge is 0.481 e. The fraction of sp³-hybridized carbons (Fsp3) is 0.941. The van der Waals surface area contributed by atoms with Crippen LogP contribution in [0.4, 0.5) is 0 Å². The molecular weight excluding hydrogens is 252 g/mol. The van der Waals surface area contributed by atoms with Gasteiger partial charge in [0.1, 0.15) is 0 Å². The summed E-state index contributed by atoms with van der Waals surface area (Å²) < 4.78 is 0. The van der Waals surface area contributed by atoms with Crippen molar-refractivity contribution < 1.29 is 15.0 Å². The molecule has 3 heteroatoms. The summed E-state index contributed by atoms with van der Waals surface area (Å²) in [5.41, 5.74) is 0. The highest BCUT2D eigenvalue weighted by atomic mass is 16.4. The van der Waals surface area contributed by atoms with Crippen LogP contribution in [0.5, 0.6) is 0 Å². The zero-order chi connectivity index (χ0) is 15.2. The van der Waals surface area contributed by atoms with E-state index in [0.29, 0.717) is 6.42 Å². The quantitative estimate of drug-likeness (QED) is 0.452. The van der Waals surface area contributed by atoms with Gasteiger partial charge < -0.3 is 10.2 Å². The lowest BCUT2D eigenvalue weighted by Crippen LogP contribution is -2.12. The average Bonchev–Trinajstić information content (AvgIpc) is 2.34. The van der Waals surface area contributed by atoms with Crippen LogP contribution in [-0.2, 0) is 4.79 Å². The molecule has 0 aliphatic heterocycles. The number of carbonyl (C=O) groups is 1. The number of carboxylic acid groups (broad SMARTS) is 1. The van der Waals surface area contributed by atoms with Gasteiger partial charge in [-0.05, 0) is 12.3 Å². The fourth-order valence-corrected chi connectivity index (χ4v) is 2.47. The van der Waals surface area contributed by atoms with Crippen LogP contribution in [0.2, 0.25) is 0 Å². The van der Waals surface area contributed by atoms with Crippen molar-refractivity contribution in [2.75, 3.05) is 0 Å². The minimum Gasteiger partial charge on any atom is -0.481 e. The first-order valence-electron chi connectivity index (χ1n) is 8.42. The van der Waals surface area contributed by atoms with Crippen molar-refractivity contribution in [3.63, 3.8) is 0 Å². The second kappa shape index (κ2) is 13.4. The van der Waals surface area contributed by atoms with Crippen molar-refractivity contribution in [2.45, 2.75) is 97.0 Å². The summed E-state index contributed by atoms with van der Waals surface area (Å²) in [5.74, 6) is -0.0681. The van der Waals surface area contributed by atoms with Gasteiger partial charge in [0.2, 0.25) is 0 Å². The molecule has 0 saturated carbocycles. The summed E-state index contributed by atoms with van der Waals surface area (Å²) in [6.07, 6.45) is 12.5. The van der Waals surface area contributed by atoms with E-state index in [-0.39, 0.29) is 6.42 Å². The van der Waals surface area contributed by atoms with Crippen LogP contribution in [-0.4, -0.2) is 22.3 Å². The van der Waals surface area contributed by atoms with E-state index in [4.69, 9.17) is 5.11 Å². The summed E-state index contributed by atoms with van der Waals surface area (Å²) >= 11 is 0. The molecule has 1 atom stereocenters. The maximum absolute atomic E-state index is 10.4. The summed E-state index contributed by atoms with van der Waals surface area (Å²) in [6.45, 7) is 4.57. The number of unbranched alkanes of at least 4 members (excludes halogenated alkanes) is 8. The molecule has 0 aromatic rings. The fourth-order valence-electron chi connectivity index (χ4n) is 2.47. The molecule has 20 heavy (non-hydrogen) atoms. The Balaban J connectivity index is 3.11. The zero-order valence-corrected chi connectivity index (χ0v) is 13.4. The van der Waals surface area contributed by atoms with E-state index in [1.807, 2.05) is 0 Å². The van der Waals surface area contributed by atoms with Crippen molar-refractivity contribution in [1.29, 1.82) is 0 Å². The predicted octanol–water partition coefficient (Wildman–Crippen LogP) is 4.77. The molecule has 0 aromatic carbocycles. The van der Waals surface area contributed by atoms with Crippen molar-refractivity contribution >= 4 is 5.97 Å². The SMILES string of the molecule is CC(C)CCCCCCCCCCCC(O)CC(=O)O. The van der Waals surface area contributed by atoms with E-state index in [9.17, 15) is 9.90 Å². The van der Waals surface area contributed by atoms with E-state index in [1.54, 1.807) is 0 Å². The molecule has 0 bridgehead atoms. The van der Waals surface area contributed by atoms with Crippen LogP contribution < -0.4 is 0 Å². The van der Waals surface area contributed by atoms with Gasteiger partial charge in [0.15, 0.2) is 0 Å². The number of aliphatic hydroxyl groups is 1. The van der Waals surface area contributed by atoms with Crippen LogP contribution in [0.1, 0.15) is 90.9 Å². The van der Waals surface area contributed by atoms with Crippen molar-refractivity contribution in [2.24, 2.45) is 5.92 Å². The highest BCUT2D eigenvalue weighted by Crippen LogP contribution is 2.14. The highest BCUT2D eigenvalue weighted by molar-refractivity contribution is 5.67. The summed E-state index contributed by atoms with van der Waals surface area (Å²) in [7, 11) is 0. The van der Waals surface area contributed by atoms with Crippen molar-refractivity contribution in [3.8, 4) is 0 Å². The Morgan fingerprint density at radius 2 is 1.20 bits per heavy atom. The van der Waals surface area contributed by atoms with Gasteiger partial charge in [-0.3, -0.25) is 4.79 Å². The maximum atomic E-state index is 10.4. The summed E-state index contributed by atoms with van der Waals surface area (Å²) in [4.78, 5) is 10.4. The van der Waals surface area contributed by atoms with Crippen molar-refractivity contribution in [1.82, 2.24) is 0 Å². The van der Waals surface area contributed by atoms with Crippen LogP contribution in [0, 0.1) is 5.92 Å². The first kappa shape index (κ1) is 19.4. The van der Waals surface area contributed by atoms with Gasteiger partial charge in [-0.25, -0.2) is 0 Å². The van der Waals surface area contributed by atoms with Gasteiger partial charge in [0.05, 0.1) is 12.5 Å². The molecule has 120 valence electrons. The lowest BCUT2D eigenvalue weighted by atomic mass is 10.0. The lowest BCUT2D eigenvalue weighted by Gasteiger charge is -2.07. The Labute approximate surface area is 124 Å². The first-order valence-corrected chi connectivity index (χ1v) is 8.42. The smallest absolute Gasteiger partial charge is 0.305 e. The molecule has 0 fully saturated rings. The molecule has 0 aromatic heterocycles. The molecule has 3 nitrogen and oxygen atoms in total. The van der Waals surface area contributed by atoms with Gasteiger partial charge in [-0.2, -0.15) is 0 Å². The van der Waals surface area contributed by atoms with Gasteiger partial charge in [0.25, 0.3) is 0 Å². The zero-order valence-electron chi connectivity index (χ0n) is 13.4. The third kappa shape index (κ3) is 15.5. The molecule has 0 aliphatic carbocycles. The molecule has 0 rings (SSSR count). The molecule has 0 amide bonds. The number of rotatable bonds is 14. The van der Waals surface area contributed by atoms with E-state index in [0.717, 1.165) is 18.8 Å². The Morgan fingerprint density at radius 3 is 1.60 bits per heavy atom. The maximum Gasteiger partial charge on any atom is 0.305 e. The molecular formula is C17H34O3. The summed E-state index contributed by atoms with van der Waals surface area (Å²) in [5, 5.41) is 17.9. The minimum atomic E-state index is -0.907. The van der Waals surface area contributed by atoms with Gasteiger partial charge in [-0.1, -0.05) is 78.1 Å². The number of hydrogen-bond acceptors (Lipinski definition) is 2. The minimum absolute atomic E-state index is 0.115. The summed E-state index contributed by atoms with van der Waals surface area (Å²) in [6, 6.07) is 0. The molecule has 0 saturated heterocycles. The predicted molar refractivity (Wildman–Crippen MR) is 83.9 cm³/mol. The van der Waals surface area contributed by atoms with Gasteiger partial charge in [-0.15, -0.1) is 0 Å². The molecule has 0 radical (unpaired) electrons. The number of hydrogen-bond donors (Lipinski definition) is 2. The Morgan fingerprint density at radius 1 is 0.800 bits per heavy atom. The topological polar surface area (TPSA) is 57.5 Å². The standard InChI is InChI=1S/C17H34O3/c1-15(2)12-10-8-6-4-3-5-7-9-11-13-16(18)14-17(19)20/h15-16,18H,3-14H2,1-2H3,(H,19,20). The Kier molecular flexibility index (Phi) is 13.0. The number of aliphatic carboxylic acids is 1. The van der Waals surface area contributed by atoms with Crippen LogP contribution in [0.15, 0.2) is 0 Å². The molecule has 0 heterocycles. The van der Waals surface area contributed by atoms with Gasteiger partial charge in [0, 0.05) is 0 Å². The van der Waals surface area contributed by atoms with Crippen LogP contribution in [0.3, 0.4) is 0 Å². The van der Waals surface area contributed by atoms with Crippen molar-refractivity contribution in [3.05, 3.63) is 0 Å². The molecule has 2 N–H and O–H groups in total. The average molecular weight is 286 g/mol. The first-order chi connectivity index (χ1) is 9.52. The molecule has 0 spiro atoms. The van der Waals surface area contributed by atoms with E-state index in [1.165, 1.54) is 51.4 Å². The van der Waals surface area contributed by atoms with E-state index >= 15 is 0 Å².